The lowest BCUT2D eigenvalue weighted by Crippen LogP contribution is -2.42. The number of hydrogen-bond acceptors (Lipinski definition) is 8. The smallest absolute Gasteiger partial charge is 0.332 e. The lowest BCUT2D eigenvalue weighted by molar-refractivity contribution is 0.102. The van der Waals surface area contributed by atoms with Gasteiger partial charge < -0.3 is 5.73 Å². The third-order valence-corrected chi connectivity index (χ3v) is 5.98. The van der Waals surface area contributed by atoms with Crippen LogP contribution in [-0.4, -0.2) is 40.4 Å². The number of hydrogen-bond donors (Lipinski definition) is 1. The van der Waals surface area contributed by atoms with Crippen LogP contribution in [0.25, 0.3) is 16.7 Å². The van der Waals surface area contributed by atoms with Crippen LogP contribution in [-0.2, 0) is 13.6 Å². The summed E-state index contributed by atoms with van der Waals surface area (Å²) >= 11 is 1.16. The Bertz CT molecular complexity index is 1420. The van der Waals surface area contributed by atoms with Crippen LogP contribution in [0.3, 0.4) is 0 Å². The van der Waals surface area contributed by atoms with Crippen LogP contribution in [0, 0.1) is 0 Å². The average molecular weight is 452 g/mol. The number of nitrogens with zero attached hydrogens (tertiary/aromatic N) is 6. The van der Waals surface area contributed by atoms with Gasteiger partial charge in [0.05, 0.1) is 23.0 Å². The molecule has 0 aliphatic carbocycles. The summed E-state index contributed by atoms with van der Waals surface area (Å²) in [6.07, 6.45) is 3.68. The van der Waals surface area contributed by atoms with Gasteiger partial charge in [0.1, 0.15) is 22.7 Å². The second-order valence-electron chi connectivity index (χ2n) is 7.08. The van der Waals surface area contributed by atoms with Gasteiger partial charge in [-0.05, 0) is 18.6 Å². The molecule has 0 bridgehead atoms. The first-order valence-corrected chi connectivity index (χ1v) is 10.9. The summed E-state index contributed by atoms with van der Waals surface area (Å²) < 4.78 is 3.86. The minimum absolute atomic E-state index is 0.0770. The number of nitrogen functional groups attached to an aromatic ring is 1. The van der Waals surface area contributed by atoms with E-state index < -0.39 is 17.0 Å². The number of ketones is 1. The average Bonchev–Trinajstić information content (AvgIpc) is 3.24. The second kappa shape index (κ2) is 8.79. The Morgan fingerprint density at radius 2 is 1.91 bits per heavy atom. The number of benzene rings is 1. The van der Waals surface area contributed by atoms with Crippen molar-refractivity contribution in [2.24, 2.45) is 7.05 Å². The number of Topliss-reactive ketones (excluding diaryl/α,β-unsaturated/α-hetero) is 1. The molecule has 0 aliphatic rings. The molecule has 3 heterocycles. The summed E-state index contributed by atoms with van der Waals surface area (Å²) in [7, 11) is 1.34. The van der Waals surface area contributed by atoms with E-state index in [1.54, 1.807) is 10.9 Å². The minimum Gasteiger partial charge on any atom is -0.384 e. The highest BCUT2D eigenvalue weighted by Gasteiger charge is 2.22. The van der Waals surface area contributed by atoms with Crippen molar-refractivity contribution in [2.45, 2.75) is 24.9 Å². The van der Waals surface area contributed by atoms with E-state index in [0.717, 1.165) is 22.0 Å². The maximum absolute atomic E-state index is 12.9. The molecule has 1 aromatic carbocycles. The lowest BCUT2D eigenvalue weighted by Gasteiger charge is -2.13. The number of carbonyl (C=O) groups is 1. The Kier molecular flexibility index (Phi) is 5.91. The third-order valence-electron chi connectivity index (χ3n) is 4.98. The number of anilines is 1. The maximum Gasteiger partial charge on any atom is 0.332 e. The summed E-state index contributed by atoms with van der Waals surface area (Å²) in [5.74, 6) is -0.651. The van der Waals surface area contributed by atoms with Gasteiger partial charge in [0.25, 0.3) is 5.56 Å². The van der Waals surface area contributed by atoms with Crippen molar-refractivity contribution in [3.8, 4) is 5.69 Å². The summed E-state index contributed by atoms with van der Waals surface area (Å²) in [6.45, 7) is 2.20. The van der Waals surface area contributed by atoms with E-state index in [-0.39, 0.29) is 17.1 Å². The highest BCUT2D eigenvalue weighted by atomic mass is 32.2. The minimum atomic E-state index is -0.699. The first-order valence-electron chi connectivity index (χ1n) is 9.93. The fraction of sp³-hybridized carbons (Fsp3) is 0.238. The molecular formula is C21H21N7O3S. The van der Waals surface area contributed by atoms with Crippen molar-refractivity contribution in [1.82, 2.24) is 28.9 Å². The highest BCUT2D eigenvalue weighted by Crippen LogP contribution is 2.26. The molecule has 0 saturated carbocycles. The molecule has 0 amide bonds. The SMILES string of the molecule is CCCn1c(N)c(C(=O)CSc2ncnc3c2cnn3-c2ccccc2)c(=O)n(C)c1=O. The first-order chi connectivity index (χ1) is 15.4. The summed E-state index contributed by atoms with van der Waals surface area (Å²) in [4.78, 5) is 46.5. The molecule has 164 valence electrons. The van der Waals surface area contributed by atoms with Gasteiger partial charge in [0.15, 0.2) is 11.4 Å². The first kappa shape index (κ1) is 21.5. The van der Waals surface area contributed by atoms with Crippen LogP contribution in [0.4, 0.5) is 5.82 Å². The van der Waals surface area contributed by atoms with Crippen molar-refractivity contribution in [3.63, 3.8) is 0 Å². The van der Waals surface area contributed by atoms with Crippen molar-refractivity contribution < 1.29 is 4.79 Å². The molecule has 0 radical (unpaired) electrons. The number of thioether (sulfide) groups is 1. The van der Waals surface area contributed by atoms with Crippen LogP contribution in [0.1, 0.15) is 23.7 Å². The van der Waals surface area contributed by atoms with Crippen LogP contribution in [0.15, 0.2) is 57.5 Å². The van der Waals surface area contributed by atoms with E-state index in [9.17, 15) is 14.4 Å². The maximum atomic E-state index is 12.9. The van der Waals surface area contributed by atoms with E-state index >= 15 is 0 Å². The lowest BCUT2D eigenvalue weighted by atomic mass is 10.2. The molecule has 0 atom stereocenters. The fourth-order valence-electron chi connectivity index (χ4n) is 3.39. The predicted molar refractivity (Wildman–Crippen MR) is 122 cm³/mol. The highest BCUT2D eigenvalue weighted by molar-refractivity contribution is 8.00. The van der Waals surface area contributed by atoms with Gasteiger partial charge in [-0.2, -0.15) is 5.10 Å². The van der Waals surface area contributed by atoms with Crippen LogP contribution >= 0.6 is 11.8 Å². The van der Waals surface area contributed by atoms with Gasteiger partial charge >= 0.3 is 5.69 Å². The summed E-state index contributed by atoms with van der Waals surface area (Å²) in [6, 6.07) is 9.54. The number of rotatable bonds is 7. The van der Waals surface area contributed by atoms with Crippen LogP contribution in [0.2, 0.25) is 0 Å². The molecule has 4 aromatic rings. The molecule has 0 unspecified atom stereocenters. The Labute approximate surface area is 186 Å². The largest absolute Gasteiger partial charge is 0.384 e. The summed E-state index contributed by atoms with van der Waals surface area (Å²) in [5.41, 5.74) is 6.08. The van der Waals surface area contributed by atoms with Gasteiger partial charge in [0, 0.05) is 13.6 Å². The second-order valence-corrected chi connectivity index (χ2v) is 8.04. The zero-order chi connectivity index (χ0) is 22.8. The zero-order valence-electron chi connectivity index (χ0n) is 17.6. The number of nitrogens with two attached hydrogens (primary N) is 1. The number of carbonyl (C=O) groups excluding carboxylic acids is 1. The van der Waals surface area contributed by atoms with Gasteiger partial charge in [-0.3, -0.25) is 18.7 Å². The Morgan fingerprint density at radius 1 is 1.16 bits per heavy atom. The van der Waals surface area contributed by atoms with Gasteiger partial charge in [0.2, 0.25) is 0 Å². The van der Waals surface area contributed by atoms with Crippen molar-refractivity contribution in [1.29, 1.82) is 0 Å². The molecule has 0 fully saturated rings. The quantitative estimate of drug-likeness (QED) is 0.255. The zero-order valence-corrected chi connectivity index (χ0v) is 18.4. The third kappa shape index (κ3) is 3.71. The normalized spacial score (nSPS) is 11.2. The molecule has 0 saturated heterocycles. The monoisotopic (exact) mass is 451 g/mol. The van der Waals surface area contributed by atoms with E-state index in [1.807, 2.05) is 37.3 Å². The van der Waals surface area contributed by atoms with Crippen LogP contribution < -0.4 is 17.0 Å². The fourth-order valence-corrected chi connectivity index (χ4v) is 4.22. The molecule has 4 rings (SSSR count). The number of aromatic nitrogens is 6. The standard InChI is InChI=1S/C21H21N7O3S/c1-3-9-27-17(22)16(20(30)26(2)21(27)31)15(29)11-32-19-14-10-25-28(18(14)23-12-24-19)13-7-5-4-6-8-13/h4-8,10,12H,3,9,11,22H2,1-2H3. The Hall–Kier alpha value is -3.73. The topological polar surface area (TPSA) is 131 Å². The molecule has 2 N–H and O–H groups in total. The van der Waals surface area contributed by atoms with Crippen molar-refractivity contribution in [2.75, 3.05) is 11.5 Å². The van der Waals surface area contributed by atoms with E-state index in [2.05, 4.69) is 15.1 Å². The molecule has 11 heteroatoms. The van der Waals surface area contributed by atoms with Crippen molar-refractivity contribution >= 4 is 34.4 Å². The van der Waals surface area contributed by atoms with E-state index in [4.69, 9.17) is 5.73 Å². The van der Waals surface area contributed by atoms with Crippen LogP contribution in [0.5, 0.6) is 0 Å². The molecule has 10 nitrogen and oxygen atoms in total. The summed E-state index contributed by atoms with van der Waals surface area (Å²) in [5, 5.41) is 5.64. The molecule has 3 aromatic heterocycles. The molecule has 0 aliphatic heterocycles. The predicted octanol–water partition coefficient (Wildman–Crippen LogP) is 1.64. The van der Waals surface area contributed by atoms with Gasteiger partial charge in [-0.1, -0.05) is 36.9 Å². The molecular weight excluding hydrogens is 430 g/mol. The van der Waals surface area contributed by atoms with Crippen molar-refractivity contribution in [3.05, 3.63) is 69.3 Å². The van der Waals surface area contributed by atoms with E-state index in [1.165, 1.54) is 17.9 Å². The number of fused-ring (bicyclic) bond motifs is 1. The van der Waals surface area contributed by atoms with Gasteiger partial charge in [-0.25, -0.2) is 19.4 Å². The Morgan fingerprint density at radius 3 is 2.62 bits per heavy atom. The molecule has 0 spiro atoms. The Balaban J connectivity index is 1.65. The molecule has 32 heavy (non-hydrogen) atoms. The van der Waals surface area contributed by atoms with E-state index in [0.29, 0.717) is 29.0 Å². The number of para-hydroxylation sites is 1. The van der Waals surface area contributed by atoms with Gasteiger partial charge in [-0.15, -0.1) is 0 Å².